The first-order valence-corrected chi connectivity index (χ1v) is 8.96. The fourth-order valence-corrected chi connectivity index (χ4v) is 5.35. The van der Waals surface area contributed by atoms with Crippen molar-refractivity contribution >= 4 is 15.9 Å². The van der Waals surface area contributed by atoms with Crippen molar-refractivity contribution in [3.05, 3.63) is 18.0 Å². The third-order valence-corrected chi connectivity index (χ3v) is 6.79. The number of fused-ring (bicyclic) bond motifs is 1. The number of hydrogen-bond donors (Lipinski definition) is 2. The third kappa shape index (κ3) is 2.45. The quantitative estimate of drug-likeness (QED) is 0.806. The molecule has 1 aliphatic heterocycles. The summed E-state index contributed by atoms with van der Waals surface area (Å²) in [6, 6.07) is 1.43. The molecule has 3 unspecified atom stereocenters. The first kappa shape index (κ1) is 15.5. The number of nitrogens with two attached hydrogens (primary N) is 2. The highest BCUT2D eigenvalue weighted by Crippen LogP contribution is 2.37. The molecule has 1 amide bonds. The molecule has 8 heteroatoms. The van der Waals surface area contributed by atoms with Crippen LogP contribution in [0.15, 0.2) is 17.2 Å². The monoisotopic (exact) mass is 326 g/mol. The van der Waals surface area contributed by atoms with Crippen LogP contribution in [0.5, 0.6) is 0 Å². The molecular formula is C14H22N4O3S. The molecule has 7 nitrogen and oxygen atoms in total. The van der Waals surface area contributed by atoms with E-state index in [2.05, 4.69) is 0 Å². The van der Waals surface area contributed by atoms with Crippen LogP contribution in [0.1, 0.15) is 29.8 Å². The van der Waals surface area contributed by atoms with Crippen molar-refractivity contribution in [2.24, 2.45) is 30.4 Å². The Labute approximate surface area is 130 Å². The van der Waals surface area contributed by atoms with Crippen LogP contribution in [0.4, 0.5) is 0 Å². The Balaban J connectivity index is 1.88. The Morgan fingerprint density at radius 1 is 1.32 bits per heavy atom. The first-order valence-electron chi connectivity index (χ1n) is 7.52. The summed E-state index contributed by atoms with van der Waals surface area (Å²) in [5, 5.41) is 0. The van der Waals surface area contributed by atoms with Crippen molar-refractivity contribution in [2.75, 3.05) is 13.1 Å². The second-order valence-corrected chi connectivity index (χ2v) is 8.31. The molecule has 4 N–H and O–H groups in total. The van der Waals surface area contributed by atoms with Gasteiger partial charge < -0.3 is 16.0 Å². The van der Waals surface area contributed by atoms with E-state index in [1.54, 1.807) is 7.05 Å². The summed E-state index contributed by atoms with van der Waals surface area (Å²) in [4.78, 5) is 11.4. The van der Waals surface area contributed by atoms with E-state index in [0.717, 1.165) is 19.3 Å². The van der Waals surface area contributed by atoms with Gasteiger partial charge in [0.25, 0.3) is 5.91 Å². The summed E-state index contributed by atoms with van der Waals surface area (Å²) < 4.78 is 28.5. The molecule has 3 atom stereocenters. The number of hydrogen-bond acceptors (Lipinski definition) is 4. The molecule has 0 spiro atoms. The van der Waals surface area contributed by atoms with Crippen molar-refractivity contribution in [3.8, 4) is 0 Å². The summed E-state index contributed by atoms with van der Waals surface area (Å²) in [5.41, 5.74) is 11.6. The average Bonchev–Trinajstić information content (AvgIpc) is 3.03. The Bertz CT molecular complexity index is 697. The summed E-state index contributed by atoms with van der Waals surface area (Å²) in [5.74, 6) is -0.0539. The van der Waals surface area contributed by atoms with Crippen LogP contribution in [-0.2, 0) is 17.1 Å². The Morgan fingerprint density at radius 2 is 2.05 bits per heavy atom. The van der Waals surface area contributed by atoms with Crippen LogP contribution in [0.25, 0.3) is 0 Å². The van der Waals surface area contributed by atoms with E-state index in [1.807, 2.05) is 0 Å². The van der Waals surface area contributed by atoms with Crippen molar-refractivity contribution in [2.45, 2.75) is 30.2 Å². The number of primary amides is 1. The molecule has 0 aromatic carbocycles. The molecule has 22 heavy (non-hydrogen) atoms. The number of sulfonamides is 1. The van der Waals surface area contributed by atoms with Gasteiger partial charge in [0, 0.05) is 32.4 Å². The highest BCUT2D eigenvalue weighted by molar-refractivity contribution is 7.89. The minimum absolute atomic E-state index is 0.0795. The fraction of sp³-hybridized carbons (Fsp3) is 0.643. The average molecular weight is 326 g/mol. The summed E-state index contributed by atoms with van der Waals surface area (Å²) in [6.45, 7) is 0.983. The highest BCUT2D eigenvalue weighted by atomic mass is 32.2. The molecule has 1 aromatic rings. The maximum atomic E-state index is 12.8. The largest absolute Gasteiger partial charge is 0.364 e. The molecule has 1 aromatic heterocycles. The first-order chi connectivity index (χ1) is 10.3. The number of carbonyl (C=O) groups excluding carboxylic acids is 1. The highest BCUT2D eigenvalue weighted by Gasteiger charge is 2.43. The number of rotatable bonds is 3. The van der Waals surface area contributed by atoms with Crippen molar-refractivity contribution < 1.29 is 13.2 Å². The van der Waals surface area contributed by atoms with Gasteiger partial charge in [-0.2, -0.15) is 4.31 Å². The maximum Gasteiger partial charge on any atom is 0.265 e. The smallest absolute Gasteiger partial charge is 0.265 e. The van der Waals surface area contributed by atoms with E-state index in [0.29, 0.717) is 19.0 Å². The van der Waals surface area contributed by atoms with Gasteiger partial charge in [-0.05, 0) is 30.7 Å². The van der Waals surface area contributed by atoms with Gasteiger partial charge in [-0.15, -0.1) is 0 Å². The molecule has 0 radical (unpaired) electrons. The van der Waals surface area contributed by atoms with Crippen LogP contribution in [0, 0.1) is 11.8 Å². The van der Waals surface area contributed by atoms with E-state index < -0.39 is 15.9 Å². The summed E-state index contributed by atoms with van der Waals surface area (Å²) >= 11 is 0. The lowest BCUT2D eigenvalue weighted by Gasteiger charge is -2.29. The standard InChI is InChI=1S/C14H22N4O3S/c1-17-7-10(5-13(17)14(16)19)22(20,21)18-6-9-3-2-4-12(15)11(9)8-18/h5,7,9,11-12H,2-4,6,8,15H2,1H3,(H2,16,19). The zero-order chi connectivity index (χ0) is 16.1. The lowest BCUT2D eigenvalue weighted by atomic mass is 9.78. The van der Waals surface area contributed by atoms with Crippen LogP contribution in [0.3, 0.4) is 0 Å². The van der Waals surface area contributed by atoms with Gasteiger partial charge in [0.05, 0.1) is 0 Å². The van der Waals surface area contributed by atoms with Crippen LogP contribution < -0.4 is 11.5 Å². The number of nitrogens with zero attached hydrogens (tertiary/aromatic N) is 2. The van der Waals surface area contributed by atoms with Gasteiger partial charge in [0.15, 0.2) is 0 Å². The van der Waals surface area contributed by atoms with E-state index in [1.165, 1.54) is 21.1 Å². The van der Waals surface area contributed by atoms with Crippen molar-refractivity contribution in [1.29, 1.82) is 0 Å². The molecule has 1 saturated heterocycles. The third-order valence-electron chi connectivity index (χ3n) is 4.99. The number of carbonyl (C=O) groups is 1. The zero-order valence-electron chi connectivity index (χ0n) is 12.6. The molecule has 122 valence electrons. The SMILES string of the molecule is Cn1cc(S(=O)(=O)N2CC3CCCC(N)C3C2)cc1C(N)=O. The van der Waals surface area contributed by atoms with Crippen molar-refractivity contribution in [1.82, 2.24) is 8.87 Å². The fourth-order valence-electron chi connectivity index (χ4n) is 3.74. The molecule has 2 heterocycles. The predicted octanol–water partition coefficient (Wildman–Crippen LogP) is -0.128. The van der Waals surface area contributed by atoms with Gasteiger partial charge >= 0.3 is 0 Å². The van der Waals surface area contributed by atoms with E-state index >= 15 is 0 Å². The van der Waals surface area contributed by atoms with E-state index in [4.69, 9.17) is 11.5 Å². The van der Waals surface area contributed by atoms with Gasteiger partial charge in [-0.3, -0.25) is 4.79 Å². The van der Waals surface area contributed by atoms with Gasteiger partial charge in [-0.1, -0.05) is 6.42 Å². The van der Waals surface area contributed by atoms with Crippen LogP contribution in [-0.4, -0.2) is 42.3 Å². The van der Waals surface area contributed by atoms with Gasteiger partial charge in [0.1, 0.15) is 10.6 Å². The number of aryl methyl sites for hydroxylation is 1. The molecule has 0 bridgehead atoms. The summed E-state index contributed by atoms with van der Waals surface area (Å²) in [6.07, 6.45) is 4.50. The normalized spacial score (nSPS) is 29.5. The Kier molecular flexibility index (Phi) is 3.78. The minimum atomic E-state index is -3.61. The Morgan fingerprint density at radius 3 is 2.64 bits per heavy atom. The van der Waals surface area contributed by atoms with Gasteiger partial charge in [-0.25, -0.2) is 8.42 Å². The van der Waals surface area contributed by atoms with Gasteiger partial charge in [0.2, 0.25) is 10.0 Å². The number of aromatic nitrogens is 1. The summed E-state index contributed by atoms with van der Waals surface area (Å²) in [7, 11) is -2.00. The molecule has 1 saturated carbocycles. The lowest BCUT2D eigenvalue weighted by Crippen LogP contribution is -2.38. The molecule has 2 fully saturated rings. The lowest BCUT2D eigenvalue weighted by molar-refractivity contribution is 0.0992. The minimum Gasteiger partial charge on any atom is -0.364 e. The maximum absolute atomic E-state index is 12.8. The molecule has 2 aliphatic rings. The van der Waals surface area contributed by atoms with E-state index in [-0.39, 0.29) is 22.5 Å². The molecule has 3 rings (SSSR count). The van der Waals surface area contributed by atoms with Crippen LogP contribution in [0.2, 0.25) is 0 Å². The molecule has 1 aliphatic carbocycles. The van der Waals surface area contributed by atoms with Crippen LogP contribution >= 0.6 is 0 Å². The number of amides is 1. The zero-order valence-corrected chi connectivity index (χ0v) is 13.4. The van der Waals surface area contributed by atoms with E-state index in [9.17, 15) is 13.2 Å². The second-order valence-electron chi connectivity index (χ2n) is 6.38. The topological polar surface area (TPSA) is 111 Å². The molecular weight excluding hydrogens is 304 g/mol. The second kappa shape index (κ2) is 5.36. The predicted molar refractivity (Wildman–Crippen MR) is 81.5 cm³/mol. The van der Waals surface area contributed by atoms with Crippen molar-refractivity contribution in [3.63, 3.8) is 0 Å². The Hall–Kier alpha value is -1.38.